The van der Waals surface area contributed by atoms with Gasteiger partial charge in [0, 0.05) is 31.7 Å². The first kappa shape index (κ1) is 14.3. The first-order chi connectivity index (χ1) is 9.65. The number of methoxy groups -OCH3 is 1. The molecule has 1 aromatic rings. The van der Waals surface area contributed by atoms with E-state index >= 15 is 0 Å². The number of carbonyl (C=O) groups excluding carboxylic acids is 1. The zero-order valence-corrected chi connectivity index (χ0v) is 11.4. The second-order valence-corrected chi connectivity index (χ2v) is 4.73. The second kappa shape index (κ2) is 6.37. The van der Waals surface area contributed by atoms with Crippen molar-refractivity contribution in [3.05, 3.63) is 29.3 Å². The molecule has 0 bridgehead atoms. The molecule has 106 valence electrons. The molecular formula is C14H18N4O2. The van der Waals surface area contributed by atoms with E-state index in [0.29, 0.717) is 24.4 Å². The van der Waals surface area contributed by atoms with Crippen molar-refractivity contribution < 1.29 is 9.53 Å². The number of hydrogen-bond acceptors (Lipinski definition) is 5. The molecule has 1 atom stereocenters. The monoisotopic (exact) mass is 274 g/mol. The van der Waals surface area contributed by atoms with E-state index in [4.69, 9.17) is 15.7 Å². The molecule has 1 aliphatic rings. The van der Waals surface area contributed by atoms with E-state index < -0.39 is 0 Å². The van der Waals surface area contributed by atoms with Crippen LogP contribution in [0.4, 0.5) is 0 Å². The highest BCUT2D eigenvalue weighted by Crippen LogP contribution is 2.22. The molecule has 3 N–H and O–H groups in total. The summed E-state index contributed by atoms with van der Waals surface area (Å²) >= 11 is 0. The predicted octanol–water partition coefficient (Wildman–Crippen LogP) is -0.174. The molecule has 20 heavy (non-hydrogen) atoms. The summed E-state index contributed by atoms with van der Waals surface area (Å²) in [6.45, 7) is 2.63. The Bertz CT molecular complexity index is 538. The molecule has 1 aliphatic heterocycles. The van der Waals surface area contributed by atoms with Crippen LogP contribution >= 0.6 is 0 Å². The quantitative estimate of drug-likeness (QED) is 0.795. The maximum atomic E-state index is 11.5. The Labute approximate surface area is 118 Å². The third kappa shape index (κ3) is 3.07. The normalized spacial score (nSPS) is 19.3. The lowest BCUT2D eigenvalue weighted by Crippen LogP contribution is -2.56. The van der Waals surface area contributed by atoms with Crippen molar-refractivity contribution in [2.24, 2.45) is 5.73 Å². The lowest BCUT2D eigenvalue weighted by Gasteiger charge is -2.34. The summed E-state index contributed by atoms with van der Waals surface area (Å²) in [6.07, 6.45) is 0. The van der Waals surface area contributed by atoms with Gasteiger partial charge in [0.1, 0.15) is 11.8 Å². The summed E-state index contributed by atoms with van der Waals surface area (Å²) in [4.78, 5) is 13.5. The predicted molar refractivity (Wildman–Crippen MR) is 74.0 cm³/mol. The molecule has 1 unspecified atom stereocenters. The largest absolute Gasteiger partial charge is 0.496 e. The fraction of sp³-hybridized carbons (Fsp3) is 0.429. The van der Waals surface area contributed by atoms with E-state index in [1.807, 2.05) is 4.90 Å². The van der Waals surface area contributed by atoms with Gasteiger partial charge >= 0.3 is 0 Å². The van der Waals surface area contributed by atoms with Crippen molar-refractivity contribution in [1.82, 2.24) is 10.2 Å². The Kier molecular flexibility index (Phi) is 4.56. The maximum absolute atomic E-state index is 11.5. The Morgan fingerprint density at radius 2 is 2.45 bits per heavy atom. The fourth-order valence-corrected chi connectivity index (χ4v) is 2.41. The maximum Gasteiger partial charge on any atom is 0.236 e. The van der Waals surface area contributed by atoms with E-state index in [1.165, 1.54) is 0 Å². The summed E-state index contributed by atoms with van der Waals surface area (Å²) < 4.78 is 5.31. The van der Waals surface area contributed by atoms with Crippen molar-refractivity contribution in [2.45, 2.75) is 12.6 Å². The van der Waals surface area contributed by atoms with Gasteiger partial charge in [-0.25, -0.2) is 0 Å². The van der Waals surface area contributed by atoms with Gasteiger partial charge in [0.15, 0.2) is 0 Å². The highest BCUT2D eigenvalue weighted by Gasteiger charge is 2.27. The molecule has 6 nitrogen and oxygen atoms in total. The zero-order valence-electron chi connectivity index (χ0n) is 11.4. The first-order valence-electron chi connectivity index (χ1n) is 6.47. The van der Waals surface area contributed by atoms with Crippen LogP contribution < -0.4 is 15.8 Å². The van der Waals surface area contributed by atoms with Crippen LogP contribution in [-0.4, -0.2) is 43.6 Å². The zero-order chi connectivity index (χ0) is 14.5. The summed E-state index contributed by atoms with van der Waals surface area (Å²) in [6, 6.07) is 7.06. The molecule has 0 saturated carbocycles. The topological polar surface area (TPSA) is 91.4 Å². The van der Waals surface area contributed by atoms with Gasteiger partial charge in [0.2, 0.25) is 5.91 Å². The van der Waals surface area contributed by atoms with Crippen LogP contribution in [0.3, 0.4) is 0 Å². The number of amides is 1. The number of hydrogen-bond donors (Lipinski definition) is 2. The number of nitrogens with one attached hydrogen (secondary N) is 1. The third-order valence-electron chi connectivity index (χ3n) is 3.47. The molecule has 6 heteroatoms. The average Bonchev–Trinajstić information content (AvgIpc) is 2.47. The van der Waals surface area contributed by atoms with E-state index in [0.717, 1.165) is 18.7 Å². The summed E-state index contributed by atoms with van der Waals surface area (Å²) in [7, 11) is 1.59. The van der Waals surface area contributed by atoms with Gasteiger partial charge in [-0.3, -0.25) is 9.69 Å². The minimum atomic E-state index is -0.340. The molecule has 0 spiro atoms. The average molecular weight is 274 g/mol. The van der Waals surface area contributed by atoms with Gasteiger partial charge in [0.05, 0.1) is 18.7 Å². The summed E-state index contributed by atoms with van der Waals surface area (Å²) in [5, 5.41) is 12.1. The molecule has 1 amide bonds. The number of nitrogens with two attached hydrogens (primary N) is 1. The number of carbonyl (C=O) groups is 1. The van der Waals surface area contributed by atoms with Gasteiger partial charge in [-0.2, -0.15) is 5.26 Å². The minimum Gasteiger partial charge on any atom is -0.496 e. The highest BCUT2D eigenvalue weighted by atomic mass is 16.5. The van der Waals surface area contributed by atoms with Crippen molar-refractivity contribution >= 4 is 5.91 Å². The van der Waals surface area contributed by atoms with E-state index in [-0.39, 0.29) is 11.9 Å². The van der Waals surface area contributed by atoms with E-state index in [2.05, 4.69) is 11.4 Å². The van der Waals surface area contributed by atoms with E-state index in [9.17, 15) is 4.79 Å². The molecule has 2 rings (SSSR count). The number of ether oxygens (including phenoxy) is 1. The van der Waals surface area contributed by atoms with Crippen molar-refractivity contribution in [1.29, 1.82) is 5.26 Å². The molecule has 1 aromatic carbocycles. The standard InChI is InChI=1S/C14H18N4O2/c1-20-13-3-2-10(7-15)6-11(13)9-18-5-4-17-8-12(18)14(16)19/h2-3,6,12,17H,4-5,8-9H2,1H3,(H2,16,19). The smallest absolute Gasteiger partial charge is 0.236 e. The van der Waals surface area contributed by atoms with Crippen LogP contribution in [-0.2, 0) is 11.3 Å². The molecule has 1 fully saturated rings. The number of piperazine rings is 1. The summed E-state index contributed by atoms with van der Waals surface area (Å²) in [5.41, 5.74) is 6.90. The van der Waals surface area contributed by atoms with Crippen molar-refractivity contribution in [3.63, 3.8) is 0 Å². The first-order valence-corrected chi connectivity index (χ1v) is 6.47. The molecule has 0 aliphatic carbocycles. The number of nitrogens with zero attached hydrogens (tertiary/aromatic N) is 2. The van der Waals surface area contributed by atoms with Crippen LogP contribution in [0.1, 0.15) is 11.1 Å². The Balaban J connectivity index is 2.23. The third-order valence-corrected chi connectivity index (χ3v) is 3.47. The fourth-order valence-electron chi connectivity index (χ4n) is 2.41. The molecule has 1 saturated heterocycles. The molecular weight excluding hydrogens is 256 g/mol. The number of primary amides is 1. The number of rotatable bonds is 4. The lowest BCUT2D eigenvalue weighted by atomic mass is 10.1. The SMILES string of the molecule is COc1ccc(C#N)cc1CN1CCNCC1C(N)=O. The van der Waals surface area contributed by atoms with Crippen LogP contribution in [0.15, 0.2) is 18.2 Å². The van der Waals surface area contributed by atoms with Gasteiger partial charge in [-0.05, 0) is 18.2 Å². The van der Waals surface area contributed by atoms with Crippen molar-refractivity contribution in [2.75, 3.05) is 26.7 Å². The van der Waals surface area contributed by atoms with Gasteiger partial charge in [-0.1, -0.05) is 0 Å². The highest BCUT2D eigenvalue weighted by molar-refractivity contribution is 5.80. The number of benzene rings is 1. The molecule has 0 aromatic heterocycles. The Morgan fingerprint density at radius 3 is 3.10 bits per heavy atom. The number of nitriles is 1. The molecule has 0 radical (unpaired) electrons. The lowest BCUT2D eigenvalue weighted by molar-refractivity contribution is -0.124. The Hall–Kier alpha value is -2.10. The second-order valence-electron chi connectivity index (χ2n) is 4.73. The van der Waals surface area contributed by atoms with Crippen LogP contribution in [0, 0.1) is 11.3 Å². The minimum absolute atomic E-state index is 0.334. The molecule has 1 heterocycles. The van der Waals surface area contributed by atoms with E-state index in [1.54, 1.807) is 25.3 Å². The summed E-state index contributed by atoms with van der Waals surface area (Å²) in [5.74, 6) is 0.373. The van der Waals surface area contributed by atoms with Gasteiger partial charge in [0.25, 0.3) is 0 Å². The van der Waals surface area contributed by atoms with Gasteiger partial charge in [-0.15, -0.1) is 0 Å². The van der Waals surface area contributed by atoms with Crippen LogP contribution in [0.5, 0.6) is 5.75 Å². The van der Waals surface area contributed by atoms with Crippen LogP contribution in [0.2, 0.25) is 0 Å². The van der Waals surface area contributed by atoms with Crippen molar-refractivity contribution in [3.8, 4) is 11.8 Å². The van der Waals surface area contributed by atoms with Crippen LogP contribution in [0.25, 0.3) is 0 Å². The van der Waals surface area contributed by atoms with Gasteiger partial charge < -0.3 is 15.8 Å². The Morgan fingerprint density at radius 1 is 1.65 bits per heavy atom.